The Morgan fingerprint density at radius 1 is 1.24 bits per heavy atom. The van der Waals surface area contributed by atoms with Crippen LogP contribution in [0.1, 0.15) is 6.42 Å². The Morgan fingerprint density at radius 2 is 1.82 bits per heavy atom. The highest BCUT2D eigenvalue weighted by Crippen LogP contribution is 2.18. The molecule has 5 nitrogen and oxygen atoms in total. The molecule has 1 rings (SSSR count). The lowest BCUT2D eigenvalue weighted by Gasteiger charge is -2.26. The van der Waals surface area contributed by atoms with Gasteiger partial charge in [0.1, 0.15) is 0 Å². The van der Waals surface area contributed by atoms with Crippen molar-refractivity contribution in [2.75, 3.05) is 24.9 Å². The predicted molar refractivity (Wildman–Crippen MR) is 66.6 cm³/mol. The number of para-hydroxylation sites is 1. The van der Waals surface area contributed by atoms with Gasteiger partial charge in [0.25, 0.3) is 0 Å². The van der Waals surface area contributed by atoms with Crippen molar-refractivity contribution in [3.05, 3.63) is 30.3 Å². The van der Waals surface area contributed by atoms with Gasteiger partial charge in [0.15, 0.2) is 0 Å². The van der Waals surface area contributed by atoms with E-state index in [1.54, 1.807) is 24.3 Å². The van der Waals surface area contributed by atoms with Gasteiger partial charge < -0.3 is 0 Å². The van der Waals surface area contributed by atoms with Crippen LogP contribution < -0.4 is 4.31 Å². The van der Waals surface area contributed by atoms with Gasteiger partial charge in [0.2, 0.25) is 0 Å². The van der Waals surface area contributed by atoms with Gasteiger partial charge >= 0.3 is 10.2 Å². The number of nitriles is 1. The van der Waals surface area contributed by atoms with Gasteiger partial charge in [-0.05, 0) is 12.1 Å². The molecule has 0 radical (unpaired) electrons. The van der Waals surface area contributed by atoms with Gasteiger partial charge in [0, 0.05) is 20.6 Å². The van der Waals surface area contributed by atoms with E-state index < -0.39 is 10.2 Å². The monoisotopic (exact) mass is 253 g/mol. The maximum absolute atomic E-state index is 12.1. The lowest BCUT2D eigenvalue weighted by atomic mass is 10.3. The second-order valence-electron chi connectivity index (χ2n) is 3.61. The summed E-state index contributed by atoms with van der Waals surface area (Å²) in [6, 6.07) is 10.7. The average Bonchev–Trinajstić information content (AvgIpc) is 2.30. The second-order valence-corrected chi connectivity index (χ2v) is 5.67. The van der Waals surface area contributed by atoms with Crippen LogP contribution >= 0.6 is 0 Å². The van der Waals surface area contributed by atoms with Crippen molar-refractivity contribution in [1.29, 1.82) is 5.26 Å². The summed E-state index contributed by atoms with van der Waals surface area (Å²) in [5.74, 6) is 0. The van der Waals surface area contributed by atoms with Gasteiger partial charge in [-0.15, -0.1) is 0 Å². The minimum absolute atomic E-state index is 0.154. The van der Waals surface area contributed by atoms with E-state index >= 15 is 0 Å². The fraction of sp³-hybridized carbons (Fsp3) is 0.364. The Bertz CT molecular complexity index is 491. The highest BCUT2D eigenvalue weighted by atomic mass is 32.2. The molecule has 0 aliphatic carbocycles. The third kappa shape index (κ3) is 3.19. The number of hydrogen-bond donors (Lipinski definition) is 0. The molecule has 17 heavy (non-hydrogen) atoms. The molecule has 92 valence electrons. The molecule has 0 heterocycles. The number of hydrogen-bond acceptors (Lipinski definition) is 3. The van der Waals surface area contributed by atoms with Crippen LogP contribution in [0, 0.1) is 11.3 Å². The topological polar surface area (TPSA) is 64.4 Å². The average molecular weight is 253 g/mol. The van der Waals surface area contributed by atoms with Gasteiger partial charge in [-0.3, -0.25) is 4.31 Å². The van der Waals surface area contributed by atoms with Gasteiger partial charge in [-0.25, -0.2) is 0 Å². The van der Waals surface area contributed by atoms with E-state index in [1.165, 1.54) is 18.4 Å². The molecule has 1 aromatic carbocycles. The summed E-state index contributed by atoms with van der Waals surface area (Å²) in [4.78, 5) is 0. The molecule has 0 bridgehead atoms. The molecule has 0 aliphatic heterocycles. The third-order valence-electron chi connectivity index (χ3n) is 2.21. The standard InChI is InChI=1S/C11H15N3O2S/c1-13(2)17(15,16)14(10-6-9-12)11-7-4-3-5-8-11/h3-5,7-8H,6,10H2,1-2H3. The summed E-state index contributed by atoms with van der Waals surface area (Å²) in [7, 11) is -0.609. The molecule has 0 saturated carbocycles. The van der Waals surface area contributed by atoms with Crippen LogP contribution in [-0.2, 0) is 10.2 Å². The summed E-state index contributed by atoms with van der Waals surface area (Å²) in [5.41, 5.74) is 0.566. The van der Waals surface area contributed by atoms with Gasteiger partial charge in [0.05, 0.1) is 18.2 Å². The lowest BCUT2D eigenvalue weighted by Crippen LogP contribution is -2.40. The quantitative estimate of drug-likeness (QED) is 0.792. The fourth-order valence-electron chi connectivity index (χ4n) is 1.32. The Balaban J connectivity index is 3.10. The number of rotatable bonds is 5. The van der Waals surface area contributed by atoms with Crippen LogP contribution in [0.15, 0.2) is 30.3 Å². The Labute approximate surface area is 102 Å². The molecular formula is C11H15N3O2S. The highest BCUT2D eigenvalue weighted by Gasteiger charge is 2.24. The zero-order chi connectivity index (χ0) is 12.9. The molecule has 0 atom stereocenters. The molecule has 0 amide bonds. The van der Waals surface area contributed by atoms with Crippen molar-refractivity contribution in [1.82, 2.24) is 4.31 Å². The van der Waals surface area contributed by atoms with Crippen molar-refractivity contribution in [2.24, 2.45) is 0 Å². The minimum atomic E-state index is -3.55. The number of benzene rings is 1. The minimum Gasteiger partial charge on any atom is -0.257 e. The first-order valence-electron chi connectivity index (χ1n) is 5.12. The zero-order valence-corrected chi connectivity index (χ0v) is 10.7. The third-order valence-corrected chi connectivity index (χ3v) is 4.08. The molecule has 1 aromatic rings. The summed E-state index contributed by atoms with van der Waals surface area (Å²) < 4.78 is 26.5. The van der Waals surface area contributed by atoms with Crippen LogP contribution in [0.3, 0.4) is 0 Å². The zero-order valence-electron chi connectivity index (χ0n) is 9.87. The molecule has 0 aliphatic rings. The van der Waals surface area contributed by atoms with Gasteiger partial charge in [-0.2, -0.15) is 18.0 Å². The summed E-state index contributed by atoms with van der Waals surface area (Å²) in [6.07, 6.45) is 0.155. The Morgan fingerprint density at radius 3 is 2.29 bits per heavy atom. The molecule has 0 unspecified atom stereocenters. The van der Waals surface area contributed by atoms with Crippen LogP contribution in [0.5, 0.6) is 0 Å². The first-order valence-corrected chi connectivity index (χ1v) is 6.52. The largest absolute Gasteiger partial charge is 0.303 e. The van der Waals surface area contributed by atoms with Crippen molar-refractivity contribution in [3.8, 4) is 6.07 Å². The molecular weight excluding hydrogens is 238 g/mol. The maximum Gasteiger partial charge on any atom is 0.303 e. The van der Waals surface area contributed by atoms with E-state index in [0.717, 1.165) is 4.31 Å². The van der Waals surface area contributed by atoms with Crippen LogP contribution in [-0.4, -0.2) is 33.4 Å². The summed E-state index contributed by atoms with van der Waals surface area (Å²) in [5, 5.41) is 8.58. The van der Waals surface area contributed by atoms with Crippen molar-refractivity contribution >= 4 is 15.9 Å². The van der Waals surface area contributed by atoms with E-state index in [9.17, 15) is 8.42 Å². The first kappa shape index (κ1) is 13.5. The fourth-order valence-corrected chi connectivity index (χ4v) is 2.42. The van der Waals surface area contributed by atoms with E-state index in [2.05, 4.69) is 0 Å². The van der Waals surface area contributed by atoms with Crippen molar-refractivity contribution < 1.29 is 8.42 Å². The molecule has 0 aromatic heterocycles. The lowest BCUT2D eigenvalue weighted by molar-refractivity contribution is 0.515. The summed E-state index contributed by atoms with van der Waals surface area (Å²) in [6.45, 7) is 0.154. The Hall–Kier alpha value is -1.58. The normalized spacial score (nSPS) is 11.2. The van der Waals surface area contributed by atoms with Crippen LogP contribution in [0.25, 0.3) is 0 Å². The molecule has 0 N–H and O–H groups in total. The van der Waals surface area contributed by atoms with Crippen molar-refractivity contribution in [3.63, 3.8) is 0 Å². The number of anilines is 1. The van der Waals surface area contributed by atoms with E-state index in [-0.39, 0.29) is 13.0 Å². The highest BCUT2D eigenvalue weighted by molar-refractivity contribution is 7.90. The van der Waals surface area contributed by atoms with E-state index in [0.29, 0.717) is 5.69 Å². The predicted octanol–water partition coefficient (Wildman–Crippen LogP) is 1.21. The van der Waals surface area contributed by atoms with E-state index in [4.69, 9.17) is 5.26 Å². The van der Waals surface area contributed by atoms with Crippen molar-refractivity contribution in [2.45, 2.75) is 6.42 Å². The maximum atomic E-state index is 12.1. The summed E-state index contributed by atoms with van der Waals surface area (Å²) >= 11 is 0. The van der Waals surface area contributed by atoms with E-state index in [1.807, 2.05) is 12.1 Å². The van der Waals surface area contributed by atoms with Crippen LogP contribution in [0.2, 0.25) is 0 Å². The molecule has 0 saturated heterocycles. The first-order chi connectivity index (χ1) is 8.00. The smallest absolute Gasteiger partial charge is 0.257 e. The second kappa shape index (κ2) is 5.66. The molecule has 0 fully saturated rings. The Kier molecular flexibility index (Phi) is 4.49. The molecule has 0 spiro atoms. The van der Waals surface area contributed by atoms with Gasteiger partial charge in [-0.1, -0.05) is 18.2 Å². The molecule has 6 heteroatoms. The van der Waals surface area contributed by atoms with Crippen LogP contribution in [0.4, 0.5) is 5.69 Å². The number of nitrogens with zero attached hydrogens (tertiary/aromatic N) is 3. The SMILES string of the molecule is CN(C)S(=O)(=O)N(CCC#N)c1ccccc1.